The predicted molar refractivity (Wildman–Crippen MR) is 105 cm³/mol. The van der Waals surface area contributed by atoms with E-state index >= 15 is 0 Å². The quantitative estimate of drug-likeness (QED) is 0.659. The van der Waals surface area contributed by atoms with Crippen molar-refractivity contribution in [3.8, 4) is 0 Å². The SMILES string of the molecule is CC(C)Nc1ncnc2c1ncn2[C@H]1CN(Cc2ccncc2)C[C@@H](CO)O1. The standard InChI is InChI=1S/C19H25N7O2/c1-13(2)24-18-17-19(22-11-21-18)26(12-23-17)16-9-25(8-15(10-27)28-16)7-14-3-5-20-6-4-14/h3-6,11-13,15-16,27H,7-10H2,1-2H3,(H,21,22,24)/t15-,16+/m0/s1. The highest BCUT2D eigenvalue weighted by molar-refractivity contribution is 5.82. The highest BCUT2D eigenvalue weighted by atomic mass is 16.5. The van der Waals surface area contributed by atoms with Crippen molar-refractivity contribution in [2.45, 2.75) is 38.8 Å². The Hall–Kier alpha value is -2.62. The van der Waals surface area contributed by atoms with E-state index in [1.165, 1.54) is 11.9 Å². The van der Waals surface area contributed by atoms with E-state index in [0.29, 0.717) is 30.1 Å². The average Bonchev–Trinajstić information content (AvgIpc) is 3.13. The maximum absolute atomic E-state index is 9.72. The maximum Gasteiger partial charge on any atom is 0.167 e. The number of rotatable bonds is 6. The van der Waals surface area contributed by atoms with Crippen LogP contribution in [0.15, 0.2) is 37.2 Å². The molecule has 1 aliphatic heterocycles. The van der Waals surface area contributed by atoms with Gasteiger partial charge in [0.2, 0.25) is 0 Å². The zero-order chi connectivity index (χ0) is 19.5. The van der Waals surface area contributed by atoms with Gasteiger partial charge in [-0.3, -0.25) is 14.5 Å². The third kappa shape index (κ3) is 3.96. The van der Waals surface area contributed by atoms with Gasteiger partial charge in [-0.05, 0) is 31.5 Å². The maximum atomic E-state index is 9.72. The summed E-state index contributed by atoms with van der Waals surface area (Å²) in [4.78, 5) is 19.6. The summed E-state index contributed by atoms with van der Waals surface area (Å²) in [5, 5.41) is 13.0. The largest absolute Gasteiger partial charge is 0.394 e. The monoisotopic (exact) mass is 383 g/mol. The minimum atomic E-state index is -0.292. The van der Waals surface area contributed by atoms with Gasteiger partial charge in [-0.25, -0.2) is 15.0 Å². The molecule has 0 amide bonds. The molecule has 0 unspecified atom stereocenters. The van der Waals surface area contributed by atoms with E-state index in [1.807, 2.05) is 16.7 Å². The molecule has 0 aromatic carbocycles. The van der Waals surface area contributed by atoms with Crippen LogP contribution in [0.5, 0.6) is 0 Å². The molecule has 1 saturated heterocycles. The molecule has 2 atom stereocenters. The fourth-order valence-electron chi connectivity index (χ4n) is 3.46. The second-order valence-corrected chi connectivity index (χ2v) is 7.29. The van der Waals surface area contributed by atoms with Crippen molar-refractivity contribution in [3.63, 3.8) is 0 Å². The number of fused-ring (bicyclic) bond motifs is 1. The summed E-state index contributed by atoms with van der Waals surface area (Å²) >= 11 is 0. The van der Waals surface area contributed by atoms with E-state index in [-0.39, 0.29) is 25.0 Å². The molecule has 3 aromatic rings. The van der Waals surface area contributed by atoms with Crippen LogP contribution in [0, 0.1) is 0 Å². The van der Waals surface area contributed by atoms with Gasteiger partial charge < -0.3 is 15.2 Å². The molecule has 0 radical (unpaired) electrons. The van der Waals surface area contributed by atoms with E-state index in [9.17, 15) is 5.11 Å². The van der Waals surface area contributed by atoms with Crippen LogP contribution in [0.4, 0.5) is 5.82 Å². The molecule has 0 saturated carbocycles. The highest BCUT2D eigenvalue weighted by Crippen LogP contribution is 2.26. The lowest BCUT2D eigenvalue weighted by molar-refractivity contribution is -0.135. The van der Waals surface area contributed by atoms with Gasteiger partial charge >= 0.3 is 0 Å². The first kappa shape index (κ1) is 18.7. The molecule has 9 nitrogen and oxygen atoms in total. The van der Waals surface area contributed by atoms with E-state index < -0.39 is 0 Å². The van der Waals surface area contributed by atoms with E-state index in [0.717, 1.165) is 6.54 Å². The Morgan fingerprint density at radius 2 is 2.04 bits per heavy atom. The summed E-state index contributed by atoms with van der Waals surface area (Å²) in [7, 11) is 0. The number of hydrogen-bond donors (Lipinski definition) is 2. The Morgan fingerprint density at radius 3 is 2.79 bits per heavy atom. The Kier molecular flexibility index (Phi) is 5.47. The van der Waals surface area contributed by atoms with Crippen LogP contribution in [0.2, 0.25) is 0 Å². The van der Waals surface area contributed by atoms with Crippen LogP contribution in [0.1, 0.15) is 25.6 Å². The van der Waals surface area contributed by atoms with Crippen molar-refractivity contribution in [2.75, 3.05) is 25.0 Å². The van der Waals surface area contributed by atoms with Gasteiger partial charge in [0, 0.05) is 38.1 Å². The van der Waals surface area contributed by atoms with Crippen molar-refractivity contribution < 1.29 is 9.84 Å². The molecular weight excluding hydrogens is 358 g/mol. The molecule has 0 spiro atoms. The molecule has 9 heteroatoms. The fraction of sp³-hybridized carbons (Fsp3) is 0.474. The number of pyridine rings is 1. The molecule has 4 rings (SSSR count). The molecule has 4 heterocycles. The van der Waals surface area contributed by atoms with Gasteiger partial charge in [-0.1, -0.05) is 0 Å². The summed E-state index contributed by atoms with van der Waals surface area (Å²) in [6, 6.07) is 4.24. The summed E-state index contributed by atoms with van der Waals surface area (Å²) in [6.45, 7) is 6.17. The van der Waals surface area contributed by atoms with Gasteiger partial charge in [-0.15, -0.1) is 0 Å². The minimum absolute atomic E-state index is 0.0366. The molecule has 2 N–H and O–H groups in total. The topological polar surface area (TPSA) is 101 Å². The first-order chi connectivity index (χ1) is 13.6. The third-order valence-corrected chi connectivity index (χ3v) is 4.68. The number of aromatic nitrogens is 5. The van der Waals surface area contributed by atoms with Gasteiger partial charge in [0.1, 0.15) is 12.6 Å². The first-order valence-electron chi connectivity index (χ1n) is 9.45. The van der Waals surface area contributed by atoms with Crippen molar-refractivity contribution in [1.29, 1.82) is 0 Å². The molecule has 148 valence electrons. The van der Waals surface area contributed by atoms with Crippen molar-refractivity contribution in [1.82, 2.24) is 29.4 Å². The Labute approximate surface area is 163 Å². The Morgan fingerprint density at radius 1 is 1.21 bits per heavy atom. The van der Waals surface area contributed by atoms with Crippen LogP contribution in [0.3, 0.4) is 0 Å². The first-order valence-corrected chi connectivity index (χ1v) is 9.45. The second-order valence-electron chi connectivity index (χ2n) is 7.29. The fourth-order valence-corrected chi connectivity index (χ4v) is 3.46. The summed E-state index contributed by atoms with van der Waals surface area (Å²) < 4.78 is 8.04. The van der Waals surface area contributed by atoms with Crippen LogP contribution >= 0.6 is 0 Å². The highest BCUT2D eigenvalue weighted by Gasteiger charge is 2.30. The van der Waals surface area contributed by atoms with Crippen LogP contribution in [-0.4, -0.2) is 66.4 Å². The summed E-state index contributed by atoms with van der Waals surface area (Å²) in [5.41, 5.74) is 2.60. The van der Waals surface area contributed by atoms with E-state index in [1.54, 1.807) is 18.7 Å². The molecule has 1 fully saturated rings. The van der Waals surface area contributed by atoms with Gasteiger partial charge in [0.05, 0.1) is 19.0 Å². The number of aliphatic hydroxyl groups is 1. The zero-order valence-electron chi connectivity index (χ0n) is 16.1. The Bertz CT molecular complexity index is 915. The third-order valence-electron chi connectivity index (χ3n) is 4.68. The van der Waals surface area contributed by atoms with Crippen LogP contribution in [0.25, 0.3) is 11.2 Å². The molecular formula is C19H25N7O2. The lowest BCUT2D eigenvalue weighted by Crippen LogP contribution is -2.46. The number of nitrogens with zero attached hydrogens (tertiary/aromatic N) is 6. The smallest absolute Gasteiger partial charge is 0.167 e. The Balaban J connectivity index is 1.60. The lowest BCUT2D eigenvalue weighted by atomic mass is 10.2. The minimum Gasteiger partial charge on any atom is -0.394 e. The zero-order valence-corrected chi connectivity index (χ0v) is 16.1. The number of aliphatic hydroxyl groups excluding tert-OH is 1. The lowest BCUT2D eigenvalue weighted by Gasteiger charge is -2.37. The molecule has 1 aliphatic rings. The number of imidazole rings is 1. The molecule has 0 aliphatic carbocycles. The average molecular weight is 383 g/mol. The van der Waals surface area contributed by atoms with E-state index in [4.69, 9.17) is 4.74 Å². The number of ether oxygens (including phenoxy) is 1. The van der Waals surface area contributed by atoms with Gasteiger partial charge in [0.15, 0.2) is 17.0 Å². The number of hydrogen-bond acceptors (Lipinski definition) is 8. The number of morpholine rings is 1. The van der Waals surface area contributed by atoms with Gasteiger partial charge in [0.25, 0.3) is 0 Å². The van der Waals surface area contributed by atoms with E-state index in [2.05, 4.69) is 44.0 Å². The molecule has 28 heavy (non-hydrogen) atoms. The molecule has 3 aromatic heterocycles. The van der Waals surface area contributed by atoms with Gasteiger partial charge in [-0.2, -0.15) is 0 Å². The summed E-state index contributed by atoms with van der Waals surface area (Å²) in [6.07, 6.45) is 6.29. The normalized spacial score (nSPS) is 20.7. The predicted octanol–water partition coefficient (Wildman–Crippen LogP) is 1.43. The van der Waals surface area contributed by atoms with Crippen molar-refractivity contribution >= 4 is 17.0 Å². The summed E-state index contributed by atoms with van der Waals surface area (Å²) in [5.74, 6) is 0.710. The second kappa shape index (κ2) is 8.17. The van der Waals surface area contributed by atoms with Crippen molar-refractivity contribution in [2.24, 2.45) is 0 Å². The van der Waals surface area contributed by atoms with Crippen molar-refractivity contribution in [3.05, 3.63) is 42.7 Å². The van der Waals surface area contributed by atoms with Crippen LogP contribution in [-0.2, 0) is 11.3 Å². The molecule has 0 bridgehead atoms. The van der Waals surface area contributed by atoms with Crippen LogP contribution < -0.4 is 5.32 Å². The number of anilines is 1. The number of nitrogens with one attached hydrogen (secondary N) is 1.